The van der Waals surface area contributed by atoms with Gasteiger partial charge in [-0.05, 0) is 19.3 Å². The standard InChI is InChI=1S/C10H14N2OS/c1-2-7-9(11)14-10(12-7)8(13)6-4-3-5-6/h6H,2-5,11H2,1H3. The van der Waals surface area contributed by atoms with Gasteiger partial charge in [-0.15, -0.1) is 0 Å². The summed E-state index contributed by atoms with van der Waals surface area (Å²) >= 11 is 1.34. The van der Waals surface area contributed by atoms with Crippen molar-refractivity contribution in [2.45, 2.75) is 32.6 Å². The number of hydrogen-bond donors (Lipinski definition) is 1. The molecule has 0 aliphatic heterocycles. The molecule has 76 valence electrons. The summed E-state index contributed by atoms with van der Waals surface area (Å²) in [5.74, 6) is 0.429. The number of carbonyl (C=O) groups excluding carboxylic acids is 1. The molecule has 0 aromatic carbocycles. The van der Waals surface area contributed by atoms with Gasteiger partial charge in [0, 0.05) is 5.92 Å². The van der Waals surface area contributed by atoms with Crippen LogP contribution in [-0.4, -0.2) is 10.8 Å². The maximum absolute atomic E-state index is 11.8. The molecule has 1 aliphatic rings. The Morgan fingerprint density at radius 1 is 1.64 bits per heavy atom. The fraction of sp³-hybridized carbons (Fsp3) is 0.600. The maximum atomic E-state index is 11.8. The number of aromatic nitrogens is 1. The molecular formula is C10H14N2OS. The number of ketones is 1. The zero-order valence-corrected chi connectivity index (χ0v) is 9.06. The normalized spacial score (nSPS) is 16.6. The highest BCUT2D eigenvalue weighted by Gasteiger charge is 2.28. The van der Waals surface area contributed by atoms with E-state index in [-0.39, 0.29) is 11.7 Å². The molecule has 14 heavy (non-hydrogen) atoms. The van der Waals surface area contributed by atoms with Crippen LogP contribution in [0.15, 0.2) is 0 Å². The number of anilines is 1. The fourth-order valence-electron chi connectivity index (χ4n) is 1.57. The van der Waals surface area contributed by atoms with Crippen molar-refractivity contribution < 1.29 is 4.79 Å². The van der Waals surface area contributed by atoms with Gasteiger partial charge in [0.15, 0.2) is 10.8 Å². The van der Waals surface area contributed by atoms with Gasteiger partial charge in [-0.3, -0.25) is 4.79 Å². The van der Waals surface area contributed by atoms with Crippen LogP contribution in [0, 0.1) is 5.92 Å². The van der Waals surface area contributed by atoms with Crippen LogP contribution in [0.3, 0.4) is 0 Å². The fourth-order valence-corrected chi connectivity index (χ4v) is 2.51. The Hall–Kier alpha value is -0.900. The molecule has 1 heterocycles. The number of nitrogen functional groups attached to an aromatic ring is 1. The SMILES string of the molecule is CCc1nc(C(=O)C2CCC2)sc1N. The minimum Gasteiger partial charge on any atom is -0.389 e. The number of rotatable bonds is 3. The van der Waals surface area contributed by atoms with Crippen molar-refractivity contribution in [3.63, 3.8) is 0 Å². The molecule has 1 aromatic heterocycles. The first kappa shape index (κ1) is 9.65. The maximum Gasteiger partial charge on any atom is 0.194 e. The highest BCUT2D eigenvalue weighted by atomic mass is 32.1. The Balaban J connectivity index is 2.18. The van der Waals surface area contributed by atoms with Gasteiger partial charge in [-0.2, -0.15) is 0 Å². The van der Waals surface area contributed by atoms with Crippen LogP contribution in [-0.2, 0) is 6.42 Å². The average Bonchev–Trinajstić information content (AvgIpc) is 2.43. The molecule has 0 unspecified atom stereocenters. The van der Waals surface area contributed by atoms with Gasteiger partial charge in [0.25, 0.3) is 0 Å². The van der Waals surface area contributed by atoms with Gasteiger partial charge in [-0.1, -0.05) is 24.7 Å². The van der Waals surface area contributed by atoms with E-state index in [0.29, 0.717) is 10.0 Å². The number of carbonyl (C=O) groups is 1. The van der Waals surface area contributed by atoms with Crippen molar-refractivity contribution >= 4 is 22.1 Å². The molecule has 1 saturated carbocycles. The number of aryl methyl sites for hydroxylation is 1. The van der Waals surface area contributed by atoms with Crippen LogP contribution in [0.25, 0.3) is 0 Å². The Morgan fingerprint density at radius 3 is 2.79 bits per heavy atom. The monoisotopic (exact) mass is 210 g/mol. The molecule has 1 aromatic rings. The van der Waals surface area contributed by atoms with Crippen LogP contribution in [0.4, 0.5) is 5.00 Å². The average molecular weight is 210 g/mol. The van der Waals surface area contributed by atoms with E-state index < -0.39 is 0 Å². The van der Waals surface area contributed by atoms with E-state index in [4.69, 9.17) is 5.73 Å². The first-order valence-corrected chi connectivity index (χ1v) is 5.83. The number of Topliss-reactive ketones (excluding diaryl/α,β-unsaturated/α-hetero) is 1. The minimum absolute atomic E-state index is 0.202. The smallest absolute Gasteiger partial charge is 0.194 e. The molecule has 0 bridgehead atoms. The molecular weight excluding hydrogens is 196 g/mol. The molecule has 0 spiro atoms. The summed E-state index contributed by atoms with van der Waals surface area (Å²) in [4.78, 5) is 16.1. The van der Waals surface area contributed by atoms with E-state index in [1.807, 2.05) is 6.92 Å². The lowest BCUT2D eigenvalue weighted by Crippen LogP contribution is -2.21. The molecule has 3 nitrogen and oxygen atoms in total. The predicted molar refractivity (Wildman–Crippen MR) is 57.6 cm³/mol. The second-order valence-corrected chi connectivity index (χ2v) is 4.71. The quantitative estimate of drug-likeness (QED) is 0.779. The largest absolute Gasteiger partial charge is 0.389 e. The highest BCUT2D eigenvalue weighted by molar-refractivity contribution is 7.17. The third kappa shape index (κ3) is 1.54. The summed E-state index contributed by atoms with van der Waals surface area (Å²) in [6.07, 6.45) is 4.04. The zero-order valence-electron chi connectivity index (χ0n) is 8.25. The second kappa shape index (κ2) is 3.69. The number of nitrogens with two attached hydrogens (primary N) is 1. The molecule has 4 heteroatoms. The molecule has 1 fully saturated rings. The van der Waals surface area contributed by atoms with Crippen LogP contribution in [0.2, 0.25) is 0 Å². The lowest BCUT2D eigenvalue weighted by molar-refractivity contribution is 0.0854. The van der Waals surface area contributed by atoms with Gasteiger partial charge < -0.3 is 5.73 Å². The molecule has 2 N–H and O–H groups in total. The molecule has 0 saturated heterocycles. The van der Waals surface area contributed by atoms with Gasteiger partial charge >= 0.3 is 0 Å². The van der Waals surface area contributed by atoms with Crippen molar-refractivity contribution in [1.29, 1.82) is 0 Å². The summed E-state index contributed by atoms with van der Waals surface area (Å²) in [5, 5.41) is 1.32. The van der Waals surface area contributed by atoms with E-state index in [1.54, 1.807) is 0 Å². The Bertz CT molecular complexity index is 355. The van der Waals surface area contributed by atoms with Gasteiger partial charge in [0.1, 0.15) is 5.00 Å². The van der Waals surface area contributed by atoms with Gasteiger partial charge in [-0.25, -0.2) is 4.98 Å². The summed E-state index contributed by atoms with van der Waals surface area (Å²) < 4.78 is 0. The minimum atomic E-state index is 0.202. The van der Waals surface area contributed by atoms with E-state index in [0.717, 1.165) is 25.0 Å². The van der Waals surface area contributed by atoms with Crippen molar-refractivity contribution in [2.75, 3.05) is 5.73 Å². The lowest BCUT2D eigenvalue weighted by Gasteiger charge is -2.22. The molecule has 0 radical (unpaired) electrons. The second-order valence-electron chi connectivity index (χ2n) is 3.68. The summed E-state index contributed by atoms with van der Waals surface area (Å²) in [5.41, 5.74) is 6.63. The molecule has 0 amide bonds. The Morgan fingerprint density at radius 2 is 2.36 bits per heavy atom. The van der Waals surface area contributed by atoms with Crippen LogP contribution >= 0.6 is 11.3 Å². The van der Waals surface area contributed by atoms with Crippen molar-refractivity contribution in [1.82, 2.24) is 4.98 Å². The predicted octanol–water partition coefficient (Wildman–Crippen LogP) is 2.27. The van der Waals surface area contributed by atoms with Crippen molar-refractivity contribution in [2.24, 2.45) is 5.92 Å². The lowest BCUT2D eigenvalue weighted by atomic mass is 9.82. The number of thiazole rings is 1. The first-order chi connectivity index (χ1) is 6.72. The van der Waals surface area contributed by atoms with E-state index in [9.17, 15) is 4.79 Å². The van der Waals surface area contributed by atoms with Crippen molar-refractivity contribution in [3.05, 3.63) is 10.7 Å². The van der Waals surface area contributed by atoms with Crippen LogP contribution < -0.4 is 5.73 Å². The summed E-state index contributed by atoms with van der Waals surface area (Å²) in [6.45, 7) is 2.00. The van der Waals surface area contributed by atoms with Crippen molar-refractivity contribution in [3.8, 4) is 0 Å². The third-order valence-corrected chi connectivity index (χ3v) is 3.69. The van der Waals surface area contributed by atoms with Gasteiger partial charge in [0.2, 0.25) is 0 Å². The zero-order chi connectivity index (χ0) is 10.1. The summed E-state index contributed by atoms with van der Waals surface area (Å²) in [7, 11) is 0. The summed E-state index contributed by atoms with van der Waals surface area (Å²) in [6, 6.07) is 0. The van der Waals surface area contributed by atoms with E-state index in [2.05, 4.69) is 4.98 Å². The van der Waals surface area contributed by atoms with E-state index >= 15 is 0 Å². The van der Waals surface area contributed by atoms with Gasteiger partial charge in [0.05, 0.1) is 5.69 Å². The highest BCUT2D eigenvalue weighted by Crippen LogP contribution is 2.32. The Labute approximate surface area is 87.3 Å². The van der Waals surface area contributed by atoms with Crippen LogP contribution in [0.5, 0.6) is 0 Å². The first-order valence-electron chi connectivity index (χ1n) is 5.01. The molecule has 1 aliphatic carbocycles. The number of hydrogen-bond acceptors (Lipinski definition) is 4. The van der Waals surface area contributed by atoms with E-state index in [1.165, 1.54) is 17.8 Å². The van der Waals surface area contributed by atoms with Crippen LogP contribution in [0.1, 0.15) is 41.7 Å². The molecule has 0 atom stereocenters. The Kier molecular flexibility index (Phi) is 2.54. The topological polar surface area (TPSA) is 56.0 Å². The molecule has 2 rings (SSSR count). The number of nitrogens with zero attached hydrogens (tertiary/aromatic N) is 1. The third-order valence-electron chi connectivity index (χ3n) is 2.75.